The van der Waals surface area contributed by atoms with Crippen molar-refractivity contribution in [3.63, 3.8) is 0 Å². The fourth-order valence-electron chi connectivity index (χ4n) is 3.13. The van der Waals surface area contributed by atoms with E-state index in [0.717, 1.165) is 11.8 Å². The zero-order valence-corrected chi connectivity index (χ0v) is 12.3. The Morgan fingerprint density at radius 2 is 1.94 bits per heavy atom. The van der Waals surface area contributed by atoms with E-state index >= 15 is 0 Å². The van der Waals surface area contributed by atoms with Gasteiger partial charge in [-0.15, -0.1) is 0 Å². The van der Waals surface area contributed by atoms with Gasteiger partial charge >= 0.3 is 0 Å². The first kappa shape index (κ1) is 13.4. The van der Waals surface area contributed by atoms with Gasteiger partial charge in [-0.25, -0.2) is 0 Å². The molecule has 2 aliphatic rings. The number of piperazine rings is 1. The summed E-state index contributed by atoms with van der Waals surface area (Å²) in [5.74, 6) is 1.76. The van der Waals surface area contributed by atoms with Crippen molar-refractivity contribution in [1.29, 1.82) is 0 Å². The van der Waals surface area contributed by atoms with Crippen LogP contribution < -0.4 is 5.32 Å². The number of rotatable bonds is 4. The van der Waals surface area contributed by atoms with Crippen LogP contribution in [0.25, 0.3) is 0 Å². The van der Waals surface area contributed by atoms with Gasteiger partial charge in [-0.3, -0.25) is 4.90 Å². The lowest BCUT2D eigenvalue weighted by Crippen LogP contribution is -2.68. The van der Waals surface area contributed by atoms with E-state index in [1.165, 1.54) is 38.9 Å². The lowest BCUT2D eigenvalue weighted by atomic mass is 9.85. The third kappa shape index (κ3) is 2.85. The molecule has 0 amide bonds. The molecule has 1 aliphatic carbocycles. The molecule has 1 saturated carbocycles. The van der Waals surface area contributed by atoms with E-state index in [9.17, 15) is 0 Å². The predicted octanol–water partition coefficient (Wildman–Crippen LogP) is 2.89. The minimum atomic E-state index is 0.280. The van der Waals surface area contributed by atoms with E-state index in [2.05, 4.69) is 44.8 Å². The normalized spacial score (nSPS) is 35.8. The standard InChI is InChI=1S/C15H30N2/c1-6-12(2)9-17-11-14(3,4)16-10-15(17,5)13-7-8-13/h12-13,16H,6-11H2,1-5H3. The van der Waals surface area contributed by atoms with Crippen molar-refractivity contribution in [2.24, 2.45) is 11.8 Å². The van der Waals surface area contributed by atoms with E-state index in [1.54, 1.807) is 0 Å². The fraction of sp³-hybridized carbons (Fsp3) is 1.00. The first-order chi connectivity index (χ1) is 7.87. The lowest BCUT2D eigenvalue weighted by Gasteiger charge is -2.52. The quantitative estimate of drug-likeness (QED) is 0.810. The third-order valence-electron chi connectivity index (χ3n) is 4.92. The molecule has 100 valence electrons. The van der Waals surface area contributed by atoms with Crippen LogP contribution in [0.4, 0.5) is 0 Å². The van der Waals surface area contributed by atoms with E-state index in [1.807, 2.05) is 0 Å². The molecule has 2 fully saturated rings. The Labute approximate surface area is 107 Å². The Balaban J connectivity index is 2.09. The molecule has 17 heavy (non-hydrogen) atoms. The monoisotopic (exact) mass is 238 g/mol. The van der Waals surface area contributed by atoms with Crippen LogP contribution in [0.15, 0.2) is 0 Å². The van der Waals surface area contributed by atoms with Gasteiger partial charge in [0, 0.05) is 30.7 Å². The Hall–Kier alpha value is -0.0800. The van der Waals surface area contributed by atoms with Gasteiger partial charge in [-0.05, 0) is 45.4 Å². The maximum atomic E-state index is 3.75. The second-order valence-corrected chi connectivity index (χ2v) is 7.26. The number of nitrogens with one attached hydrogen (secondary N) is 1. The fourth-order valence-corrected chi connectivity index (χ4v) is 3.13. The van der Waals surface area contributed by atoms with E-state index < -0.39 is 0 Å². The van der Waals surface area contributed by atoms with E-state index in [4.69, 9.17) is 0 Å². The minimum absolute atomic E-state index is 0.280. The summed E-state index contributed by atoms with van der Waals surface area (Å²) < 4.78 is 0. The maximum absolute atomic E-state index is 3.75. The second-order valence-electron chi connectivity index (χ2n) is 7.26. The Kier molecular flexibility index (Phi) is 3.57. The van der Waals surface area contributed by atoms with Gasteiger partial charge in [-0.2, -0.15) is 0 Å². The molecule has 1 aliphatic heterocycles. The van der Waals surface area contributed by atoms with Crippen LogP contribution >= 0.6 is 0 Å². The van der Waals surface area contributed by atoms with Gasteiger partial charge in [-0.1, -0.05) is 20.3 Å². The van der Waals surface area contributed by atoms with Crippen molar-refractivity contribution < 1.29 is 0 Å². The van der Waals surface area contributed by atoms with Crippen LogP contribution in [0.2, 0.25) is 0 Å². The van der Waals surface area contributed by atoms with Crippen molar-refractivity contribution in [2.75, 3.05) is 19.6 Å². The van der Waals surface area contributed by atoms with E-state index in [-0.39, 0.29) is 5.54 Å². The highest BCUT2D eigenvalue weighted by molar-refractivity contribution is 5.07. The zero-order chi connectivity index (χ0) is 12.7. The summed E-state index contributed by atoms with van der Waals surface area (Å²) in [7, 11) is 0. The molecule has 0 radical (unpaired) electrons. The summed E-state index contributed by atoms with van der Waals surface area (Å²) in [6, 6.07) is 0. The van der Waals surface area contributed by atoms with Crippen LogP contribution in [-0.4, -0.2) is 35.6 Å². The SMILES string of the molecule is CCC(C)CN1CC(C)(C)NCC1(C)C1CC1. The molecule has 0 aromatic rings. The Morgan fingerprint density at radius 3 is 2.47 bits per heavy atom. The topological polar surface area (TPSA) is 15.3 Å². The van der Waals surface area contributed by atoms with Gasteiger partial charge in [0.15, 0.2) is 0 Å². The molecule has 2 heteroatoms. The summed E-state index contributed by atoms with van der Waals surface area (Å²) in [6.07, 6.45) is 4.18. The zero-order valence-electron chi connectivity index (χ0n) is 12.3. The average molecular weight is 238 g/mol. The van der Waals surface area contributed by atoms with Gasteiger partial charge in [0.1, 0.15) is 0 Å². The molecular formula is C15H30N2. The van der Waals surface area contributed by atoms with Crippen molar-refractivity contribution in [3.05, 3.63) is 0 Å². The van der Waals surface area contributed by atoms with Gasteiger partial charge in [0.25, 0.3) is 0 Å². The van der Waals surface area contributed by atoms with E-state index in [0.29, 0.717) is 5.54 Å². The molecule has 2 rings (SSSR count). The molecule has 2 atom stereocenters. The summed E-state index contributed by atoms with van der Waals surface area (Å²) in [5.41, 5.74) is 0.695. The molecule has 1 N–H and O–H groups in total. The summed E-state index contributed by atoms with van der Waals surface area (Å²) in [4.78, 5) is 2.79. The van der Waals surface area contributed by atoms with Crippen molar-refractivity contribution >= 4 is 0 Å². The molecule has 0 aromatic carbocycles. The first-order valence-corrected chi connectivity index (χ1v) is 7.37. The Bertz CT molecular complexity index is 270. The summed E-state index contributed by atoms with van der Waals surface area (Å²) >= 11 is 0. The number of hydrogen-bond acceptors (Lipinski definition) is 2. The molecule has 1 heterocycles. The molecule has 0 bridgehead atoms. The average Bonchev–Trinajstić information content (AvgIpc) is 3.07. The highest BCUT2D eigenvalue weighted by Crippen LogP contribution is 2.45. The van der Waals surface area contributed by atoms with Crippen LogP contribution in [-0.2, 0) is 0 Å². The maximum Gasteiger partial charge on any atom is 0.0334 e. The number of hydrogen-bond donors (Lipinski definition) is 1. The molecule has 2 nitrogen and oxygen atoms in total. The smallest absolute Gasteiger partial charge is 0.0334 e. The van der Waals surface area contributed by atoms with Crippen LogP contribution in [0, 0.1) is 11.8 Å². The van der Waals surface area contributed by atoms with Crippen molar-refractivity contribution in [3.8, 4) is 0 Å². The van der Waals surface area contributed by atoms with Crippen LogP contribution in [0.5, 0.6) is 0 Å². The lowest BCUT2D eigenvalue weighted by molar-refractivity contribution is 0.00175. The largest absolute Gasteiger partial charge is 0.309 e. The van der Waals surface area contributed by atoms with Gasteiger partial charge in [0.2, 0.25) is 0 Å². The Morgan fingerprint density at radius 1 is 1.29 bits per heavy atom. The second kappa shape index (κ2) is 4.55. The van der Waals surface area contributed by atoms with Gasteiger partial charge in [0.05, 0.1) is 0 Å². The highest BCUT2D eigenvalue weighted by atomic mass is 15.3. The minimum Gasteiger partial charge on any atom is -0.309 e. The molecule has 1 saturated heterocycles. The molecule has 0 spiro atoms. The van der Waals surface area contributed by atoms with Crippen molar-refractivity contribution in [1.82, 2.24) is 10.2 Å². The van der Waals surface area contributed by atoms with Gasteiger partial charge < -0.3 is 5.32 Å². The first-order valence-electron chi connectivity index (χ1n) is 7.37. The molecular weight excluding hydrogens is 208 g/mol. The number of nitrogens with zero attached hydrogens (tertiary/aromatic N) is 1. The van der Waals surface area contributed by atoms with Crippen LogP contribution in [0.3, 0.4) is 0 Å². The van der Waals surface area contributed by atoms with Crippen molar-refractivity contribution in [2.45, 2.75) is 65.0 Å². The third-order valence-corrected chi connectivity index (χ3v) is 4.92. The van der Waals surface area contributed by atoms with Crippen LogP contribution in [0.1, 0.15) is 53.9 Å². The molecule has 2 unspecified atom stereocenters. The predicted molar refractivity (Wildman–Crippen MR) is 74.2 cm³/mol. The molecule has 0 aromatic heterocycles. The summed E-state index contributed by atoms with van der Waals surface area (Å²) in [5, 5.41) is 3.75. The summed E-state index contributed by atoms with van der Waals surface area (Å²) in [6.45, 7) is 15.5. The highest BCUT2D eigenvalue weighted by Gasteiger charge is 2.49.